The van der Waals surface area contributed by atoms with E-state index in [1.807, 2.05) is 0 Å². The van der Waals surface area contributed by atoms with E-state index in [4.69, 9.17) is 16.5 Å². The largest absolute Gasteiger partial charge is 0.368 e. The number of rotatable bonds is 4. The minimum absolute atomic E-state index is 0.332. The predicted octanol–water partition coefficient (Wildman–Crippen LogP) is 3.09. The Bertz CT molecular complexity index is 738. The first kappa shape index (κ1) is 17.3. The van der Waals surface area contributed by atoms with Gasteiger partial charge < -0.3 is 16.4 Å². The SMILES string of the molecule is NCCC1CCN(c2nc(N)nc3c2CCCC3c2ccccc2)CC1. The van der Waals surface area contributed by atoms with Crippen molar-refractivity contribution < 1.29 is 0 Å². The highest BCUT2D eigenvalue weighted by atomic mass is 15.2. The summed E-state index contributed by atoms with van der Waals surface area (Å²) in [7, 11) is 0. The molecule has 5 heteroatoms. The maximum absolute atomic E-state index is 6.14. The van der Waals surface area contributed by atoms with Crippen LogP contribution in [0.1, 0.15) is 54.8 Å². The maximum Gasteiger partial charge on any atom is 0.222 e. The maximum atomic E-state index is 6.14. The van der Waals surface area contributed by atoms with Gasteiger partial charge in [-0.3, -0.25) is 0 Å². The molecule has 26 heavy (non-hydrogen) atoms. The Balaban J connectivity index is 1.65. The van der Waals surface area contributed by atoms with Crippen molar-refractivity contribution in [3.63, 3.8) is 0 Å². The van der Waals surface area contributed by atoms with Gasteiger partial charge in [0.2, 0.25) is 5.95 Å². The Morgan fingerprint density at radius 1 is 1.04 bits per heavy atom. The summed E-state index contributed by atoms with van der Waals surface area (Å²) >= 11 is 0. The minimum atomic E-state index is 0.332. The number of anilines is 2. The van der Waals surface area contributed by atoms with Crippen LogP contribution in [0.4, 0.5) is 11.8 Å². The molecule has 4 N–H and O–H groups in total. The van der Waals surface area contributed by atoms with Crippen LogP contribution in [0.3, 0.4) is 0 Å². The molecular weight excluding hydrogens is 322 g/mol. The molecule has 1 aliphatic heterocycles. The van der Waals surface area contributed by atoms with Gasteiger partial charge in [-0.25, -0.2) is 4.98 Å². The molecule has 0 spiro atoms. The van der Waals surface area contributed by atoms with Crippen molar-refractivity contribution in [1.82, 2.24) is 9.97 Å². The van der Waals surface area contributed by atoms with Gasteiger partial charge in [0.1, 0.15) is 5.82 Å². The first-order chi connectivity index (χ1) is 12.8. The van der Waals surface area contributed by atoms with Crippen LogP contribution in [0.15, 0.2) is 30.3 Å². The van der Waals surface area contributed by atoms with Crippen LogP contribution in [0, 0.1) is 5.92 Å². The van der Waals surface area contributed by atoms with Gasteiger partial charge in [0.15, 0.2) is 0 Å². The molecule has 0 saturated carbocycles. The zero-order valence-corrected chi connectivity index (χ0v) is 15.4. The molecular formula is C21H29N5. The molecule has 1 atom stereocenters. The van der Waals surface area contributed by atoms with E-state index in [1.165, 1.54) is 30.4 Å². The third-order valence-corrected chi connectivity index (χ3v) is 5.98. The van der Waals surface area contributed by atoms with Gasteiger partial charge in [0.25, 0.3) is 0 Å². The lowest BCUT2D eigenvalue weighted by Gasteiger charge is -2.36. The van der Waals surface area contributed by atoms with Crippen molar-refractivity contribution in [3.8, 4) is 0 Å². The van der Waals surface area contributed by atoms with Crippen LogP contribution >= 0.6 is 0 Å². The lowest BCUT2D eigenvalue weighted by Crippen LogP contribution is -2.36. The van der Waals surface area contributed by atoms with Crippen LogP contribution in [-0.4, -0.2) is 29.6 Å². The van der Waals surface area contributed by atoms with Crippen molar-refractivity contribution in [2.24, 2.45) is 11.7 Å². The van der Waals surface area contributed by atoms with Gasteiger partial charge in [-0.2, -0.15) is 4.98 Å². The number of piperidine rings is 1. The van der Waals surface area contributed by atoms with E-state index >= 15 is 0 Å². The van der Waals surface area contributed by atoms with Crippen molar-refractivity contribution in [2.75, 3.05) is 30.3 Å². The van der Waals surface area contributed by atoms with Crippen molar-refractivity contribution >= 4 is 11.8 Å². The molecule has 1 aliphatic carbocycles. The molecule has 138 valence electrons. The van der Waals surface area contributed by atoms with E-state index in [2.05, 4.69) is 40.2 Å². The second kappa shape index (κ2) is 7.62. The Labute approximate surface area is 155 Å². The molecule has 4 rings (SSSR count). The highest BCUT2D eigenvalue weighted by molar-refractivity contribution is 5.55. The van der Waals surface area contributed by atoms with Crippen LogP contribution in [0.2, 0.25) is 0 Å². The highest BCUT2D eigenvalue weighted by Crippen LogP contribution is 2.40. The normalized spacial score (nSPS) is 20.8. The Morgan fingerprint density at radius 3 is 2.54 bits per heavy atom. The molecule has 1 aromatic heterocycles. The number of aromatic nitrogens is 2. The second-order valence-electron chi connectivity index (χ2n) is 7.63. The monoisotopic (exact) mass is 351 g/mol. The zero-order chi connectivity index (χ0) is 17.9. The summed E-state index contributed by atoms with van der Waals surface area (Å²) < 4.78 is 0. The third kappa shape index (κ3) is 3.40. The highest BCUT2D eigenvalue weighted by Gasteiger charge is 2.30. The van der Waals surface area contributed by atoms with Gasteiger partial charge in [0.05, 0.1) is 5.69 Å². The smallest absolute Gasteiger partial charge is 0.222 e. The summed E-state index contributed by atoms with van der Waals surface area (Å²) in [6, 6.07) is 10.7. The fourth-order valence-corrected chi connectivity index (χ4v) is 4.59. The van der Waals surface area contributed by atoms with E-state index in [9.17, 15) is 0 Å². The number of hydrogen-bond acceptors (Lipinski definition) is 5. The molecule has 2 aromatic rings. The third-order valence-electron chi connectivity index (χ3n) is 5.98. The van der Waals surface area contributed by atoms with E-state index in [0.29, 0.717) is 11.9 Å². The Morgan fingerprint density at radius 2 is 1.81 bits per heavy atom. The van der Waals surface area contributed by atoms with Gasteiger partial charge in [0, 0.05) is 24.6 Å². The Kier molecular flexibility index (Phi) is 5.07. The number of hydrogen-bond donors (Lipinski definition) is 2. The summed E-state index contributed by atoms with van der Waals surface area (Å²) in [6.07, 6.45) is 6.88. The Hall–Kier alpha value is -2.14. The number of nitrogens with zero attached hydrogens (tertiary/aromatic N) is 3. The first-order valence-electron chi connectivity index (χ1n) is 9.92. The number of nitrogen functional groups attached to an aromatic ring is 1. The fraction of sp³-hybridized carbons (Fsp3) is 0.524. The summed E-state index contributed by atoms with van der Waals surface area (Å²) in [5.41, 5.74) is 15.7. The van der Waals surface area contributed by atoms with Crippen LogP contribution in [-0.2, 0) is 6.42 Å². The van der Waals surface area contributed by atoms with Crippen molar-refractivity contribution in [3.05, 3.63) is 47.2 Å². The van der Waals surface area contributed by atoms with Crippen molar-refractivity contribution in [2.45, 2.75) is 44.4 Å². The second-order valence-corrected chi connectivity index (χ2v) is 7.63. The van der Waals surface area contributed by atoms with E-state index in [0.717, 1.165) is 56.3 Å². The van der Waals surface area contributed by atoms with E-state index in [-0.39, 0.29) is 0 Å². The van der Waals surface area contributed by atoms with Gasteiger partial charge in [-0.15, -0.1) is 0 Å². The molecule has 1 unspecified atom stereocenters. The fourth-order valence-electron chi connectivity index (χ4n) is 4.59. The lowest BCUT2D eigenvalue weighted by molar-refractivity contribution is 0.384. The van der Waals surface area contributed by atoms with Crippen molar-refractivity contribution in [1.29, 1.82) is 0 Å². The summed E-state index contributed by atoms with van der Waals surface area (Å²) in [6.45, 7) is 2.88. The molecule has 0 amide bonds. The van der Waals surface area contributed by atoms with Crippen LogP contribution < -0.4 is 16.4 Å². The molecule has 1 aromatic carbocycles. The van der Waals surface area contributed by atoms with E-state index < -0.39 is 0 Å². The molecule has 1 fully saturated rings. The van der Waals surface area contributed by atoms with Crippen LogP contribution in [0.25, 0.3) is 0 Å². The zero-order valence-electron chi connectivity index (χ0n) is 15.4. The average molecular weight is 351 g/mol. The number of fused-ring (bicyclic) bond motifs is 1. The topological polar surface area (TPSA) is 81.1 Å². The molecule has 5 nitrogen and oxygen atoms in total. The minimum Gasteiger partial charge on any atom is -0.368 e. The summed E-state index contributed by atoms with van der Waals surface area (Å²) in [5.74, 6) is 2.58. The quantitative estimate of drug-likeness (QED) is 0.885. The van der Waals surface area contributed by atoms with Gasteiger partial charge in [-0.1, -0.05) is 30.3 Å². The van der Waals surface area contributed by atoms with E-state index in [1.54, 1.807) is 0 Å². The molecule has 2 heterocycles. The number of benzene rings is 1. The lowest BCUT2D eigenvalue weighted by atomic mass is 9.82. The summed E-state index contributed by atoms with van der Waals surface area (Å²) in [4.78, 5) is 11.8. The standard InChI is InChI=1S/C21H29N5/c22-12-9-15-10-13-26(14-11-15)20-18-8-4-7-17(16-5-2-1-3-6-16)19(18)24-21(23)25-20/h1-3,5-6,15,17H,4,7-14,22H2,(H2,23,24,25). The first-order valence-corrected chi connectivity index (χ1v) is 9.92. The average Bonchev–Trinajstić information content (AvgIpc) is 2.68. The van der Waals surface area contributed by atoms with Crippen LogP contribution in [0.5, 0.6) is 0 Å². The van der Waals surface area contributed by atoms with Gasteiger partial charge >= 0.3 is 0 Å². The predicted molar refractivity (Wildman–Crippen MR) is 106 cm³/mol. The number of nitrogens with two attached hydrogens (primary N) is 2. The molecule has 2 aliphatic rings. The molecule has 0 radical (unpaired) electrons. The summed E-state index contributed by atoms with van der Waals surface area (Å²) in [5, 5.41) is 0. The van der Waals surface area contributed by atoms with Gasteiger partial charge in [-0.05, 0) is 56.6 Å². The molecule has 1 saturated heterocycles. The molecule has 0 bridgehead atoms.